The zero-order valence-corrected chi connectivity index (χ0v) is 9.20. The molecule has 2 aromatic rings. The molecule has 5 nitrogen and oxygen atoms in total. The molecule has 0 atom stereocenters. The van der Waals surface area contributed by atoms with Crippen molar-refractivity contribution in [1.82, 2.24) is 5.32 Å². The van der Waals surface area contributed by atoms with E-state index < -0.39 is 4.92 Å². The number of hydrogen-bond acceptors (Lipinski definition) is 5. The fourth-order valence-corrected chi connectivity index (χ4v) is 1.95. The van der Waals surface area contributed by atoms with Crippen LogP contribution in [0.3, 0.4) is 0 Å². The molecule has 2 rings (SSSR count). The average Bonchev–Trinajstić information content (AvgIpc) is 2.87. The lowest BCUT2D eigenvalue weighted by Crippen LogP contribution is -2.11. The Morgan fingerprint density at radius 3 is 2.88 bits per heavy atom. The fourth-order valence-electron chi connectivity index (χ4n) is 1.28. The zero-order chi connectivity index (χ0) is 11.4. The molecule has 0 fully saturated rings. The number of thiophene rings is 1. The van der Waals surface area contributed by atoms with Gasteiger partial charge in [-0.1, -0.05) is 0 Å². The van der Waals surface area contributed by atoms with Crippen molar-refractivity contribution < 1.29 is 9.34 Å². The highest BCUT2D eigenvalue weighted by molar-refractivity contribution is 7.07. The minimum atomic E-state index is -0.539. The number of nitro groups is 1. The van der Waals surface area contributed by atoms with Gasteiger partial charge in [0.1, 0.15) is 10.7 Å². The Bertz CT molecular complexity index is 464. The summed E-state index contributed by atoms with van der Waals surface area (Å²) in [6, 6.07) is 5.00. The smallest absolute Gasteiger partial charge is 0.404 e. The molecular formula is C10H10N2O3S. The van der Waals surface area contributed by atoms with Crippen LogP contribution in [0.5, 0.6) is 0 Å². The molecule has 0 aliphatic heterocycles. The van der Waals surface area contributed by atoms with Gasteiger partial charge in [0.2, 0.25) is 0 Å². The second-order valence-corrected chi connectivity index (χ2v) is 4.01. The Kier molecular flexibility index (Phi) is 3.33. The maximum absolute atomic E-state index is 10.4. The van der Waals surface area contributed by atoms with Crippen molar-refractivity contribution in [3.05, 3.63) is 50.4 Å². The van der Waals surface area contributed by atoms with E-state index in [2.05, 4.69) is 10.7 Å². The van der Waals surface area contributed by atoms with Crippen LogP contribution in [0.25, 0.3) is 0 Å². The Labute approximate surface area is 95.9 Å². The monoisotopic (exact) mass is 238 g/mol. The lowest BCUT2D eigenvalue weighted by Gasteiger charge is -1.99. The quantitative estimate of drug-likeness (QED) is 0.642. The van der Waals surface area contributed by atoms with Gasteiger partial charge < -0.3 is 9.73 Å². The van der Waals surface area contributed by atoms with Gasteiger partial charge in [0.15, 0.2) is 0 Å². The topological polar surface area (TPSA) is 68.3 Å². The molecule has 16 heavy (non-hydrogen) atoms. The van der Waals surface area contributed by atoms with E-state index in [1.165, 1.54) is 11.6 Å². The van der Waals surface area contributed by atoms with E-state index >= 15 is 0 Å². The summed E-state index contributed by atoms with van der Waals surface area (Å²) in [5, 5.41) is 17.6. The minimum Gasteiger partial charge on any atom is -0.404 e. The summed E-state index contributed by atoms with van der Waals surface area (Å²) in [5.41, 5.74) is 1.20. The van der Waals surface area contributed by atoms with Crippen LogP contribution in [0, 0.1) is 10.1 Å². The number of furan rings is 1. The summed E-state index contributed by atoms with van der Waals surface area (Å²) in [7, 11) is 0. The van der Waals surface area contributed by atoms with Crippen molar-refractivity contribution in [2.24, 2.45) is 0 Å². The van der Waals surface area contributed by atoms with Crippen LogP contribution in [-0.4, -0.2) is 4.92 Å². The van der Waals surface area contributed by atoms with E-state index in [-0.39, 0.29) is 5.88 Å². The minimum absolute atomic E-state index is 0.215. The molecule has 0 aliphatic carbocycles. The van der Waals surface area contributed by atoms with Gasteiger partial charge in [-0.3, -0.25) is 10.1 Å². The molecule has 0 unspecified atom stereocenters. The van der Waals surface area contributed by atoms with E-state index in [0.717, 1.165) is 6.54 Å². The molecule has 2 aromatic heterocycles. The summed E-state index contributed by atoms with van der Waals surface area (Å²) < 4.78 is 5.01. The standard InChI is InChI=1S/C10H10N2O3S/c13-12(14)10-2-1-9(15-10)6-11-5-8-3-4-16-7-8/h1-4,7,11H,5-6H2. The van der Waals surface area contributed by atoms with E-state index in [1.54, 1.807) is 17.4 Å². The van der Waals surface area contributed by atoms with Crippen molar-refractivity contribution in [3.8, 4) is 0 Å². The second-order valence-electron chi connectivity index (χ2n) is 3.23. The number of nitrogens with one attached hydrogen (secondary N) is 1. The third-order valence-electron chi connectivity index (χ3n) is 2.04. The third kappa shape index (κ3) is 2.68. The lowest BCUT2D eigenvalue weighted by atomic mass is 10.3. The Morgan fingerprint density at radius 2 is 2.25 bits per heavy atom. The molecule has 0 bridgehead atoms. The first-order valence-electron chi connectivity index (χ1n) is 4.70. The molecule has 84 valence electrons. The van der Waals surface area contributed by atoms with Crippen LogP contribution in [0.1, 0.15) is 11.3 Å². The summed E-state index contributed by atoms with van der Waals surface area (Å²) in [6.07, 6.45) is 0. The molecular weight excluding hydrogens is 228 g/mol. The van der Waals surface area contributed by atoms with Gasteiger partial charge in [-0.2, -0.15) is 11.3 Å². The SMILES string of the molecule is O=[N+]([O-])c1ccc(CNCc2ccsc2)o1. The van der Waals surface area contributed by atoms with Crippen molar-refractivity contribution >= 4 is 17.2 Å². The van der Waals surface area contributed by atoms with Gasteiger partial charge >= 0.3 is 5.88 Å². The van der Waals surface area contributed by atoms with E-state index in [1.807, 2.05) is 11.4 Å². The zero-order valence-electron chi connectivity index (χ0n) is 8.38. The first-order chi connectivity index (χ1) is 7.75. The van der Waals surface area contributed by atoms with Crippen molar-refractivity contribution in [3.63, 3.8) is 0 Å². The van der Waals surface area contributed by atoms with Crippen LogP contribution in [0.2, 0.25) is 0 Å². The highest BCUT2D eigenvalue weighted by Crippen LogP contribution is 2.15. The first-order valence-corrected chi connectivity index (χ1v) is 5.65. The molecule has 2 heterocycles. The van der Waals surface area contributed by atoms with Crippen LogP contribution in [0.15, 0.2) is 33.4 Å². The van der Waals surface area contributed by atoms with Crippen LogP contribution in [-0.2, 0) is 13.1 Å². The van der Waals surface area contributed by atoms with Gasteiger partial charge in [0, 0.05) is 6.54 Å². The van der Waals surface area contributed by atoms with Crippen molar-refractivity contribution in [2.45, 2.75) is 13.1 Å². The first kappa shape index (κ1) is 10.8. The fraction of sp³-hybridized carbons (Fsp3) is 0.200. The van der Waals surface area contributed by atoms with E-state index in [4.69, 9.17) is 4.42 Å². The largest absolute Gasteiger partial charge is 0.433 e. The summed E-state index contributed by atoms with van der Waals surface area (Å²) >= 11 is 1.64. The summed E-state index contributed by atoms with van der Waals surface area (Å²) in [6.45, 7) is 1.22. The number of rotatable bonds is 5. The van der Waals surface area contributed by atoms with Gasteiger partial charge in [-0.25, -0.2) is 0 Å². The summed E-state index contributed by atoms with van der Waals surface area (Å²) in [4.78, 5) is 9.83. The highest BCUT2D eigenvalue weighted by Gasteiger charge is 2.10. The molecule has 0 spiro atoms. The molecule has 0 saturated carbocycles. The molecule has 0 radical (unpaired) electrons. The van der Waals surface area contributed by atoms with Gasteiger partial charge in [-0.05, 0) is 28.5 Å². The van der Waals surface area contributed by atoms with E-state index in [9.17, 15) is 10.1 Å². The number of nitrogens with zero attached hydrogens (tertiary/aromatic N) is 1. The molecule has 6 heteroatoms. The predicted molar refractivity (Wildman–Crippen MR) is 60.2 cm³/mol. The average molecular weight is 238 g/mol. The molecule has 1 N–H and O–H groups in total. The Morgan fingerprint density at radius 1 is 1.38 bits per heavy atom. The van der Waals surface area contributed by atoms with Crippen LogP contribution >= 0.6 is 11.3 Å². The van der Waals surface area contributed by atoms with Crippen LogP contribution < -0.4 is 5.32 Å². The number of hydrogen-bond donors (Lipinski definition) is 1. The lowest BCUT2D eigenvalue weighted by molar-refractivity contribution is -0.402. The highest BCUT2D eigenvalue weighted by atomic mass is 32.1. The van der Waals surface area contributed by atoms with Gasteiger partial charge in [0.25, 0.3) is 0 Å². The maximum atomic E-state index is 10.4. The Balaban J connectivity index is 1.83. The molecule has 0 aliphatic rings. The Hall–Kier alpha value is -1.66. The second kappa shape index (κ2) is 4.91. The predicted octanol–water partition coefficient (Wildman–Crippen LogP) is 2.54. The van der Waals surface area contributed by atoms with Crippen molar-refractivity contribution in [2.75, 3.05) is 0 Å². The van der Waals surface area contributed by atoms with Gasteiger partial charge in [-0.15, -0.1) is 0 Å². The molecule has 0 aromatic carbocycles. The molecule has 0 amide bonds. The molecule has 0 saturated heterocycles. The van der Waals surface area contributed by atoms with E-state index in [0.29, 0.717) is 12.3 Å². The normalized spacial score (nSPS) is 10.5. The van der Waals surface area contributed by atoms with Gasteiger partial charge in [0.05, 0.1) is 12.6 Å². The van der Waals surface area contributed by atoms with Crippen molar-refractivity contribution in [1.29, 1.82) is 0 Å². The van der Waals surface area contributed by atoms with Crippen LogP contribution in [0.4, 0.5) is 5.88 Å². The summed E-state index contributed by atoms with van der Waals surface area (Å²) in [5.74, 6) is 0.356. The maximum Gasteiger partial charge on any atom is 0.433 e. The third-order valence-corrected chi connectivity index (χ3v) is 2.77.